The Balaban J connectivity index is 2.06. The average molecular weight is 274 g/mol. The molecule has 2 heterocycles. The second-order valence-corrected chi connectivity index (χ2v) is 7.16. The first-order chi connectivity index (χ1) is 8.50. The molecule has 4 heteroatoms. The molecule has 2 aliphatic rings. The maximum atomic E-state index is 10.7. The van der Waals surface area contributed by atoms with Crippen molar-refractivity contribution in [1.29, 1.82) is 0 Å². The van der Waals surface area contributed by atoms with Gasteiger partial charge in [0.1, 0.15) is 0 Å². The van der Waals surface area contributed by atoms with E-state index in [-0.39, 0.29) is 17.6 Å². The Hall–Kier alpha value is 0.230. The molecular weight excluding hydrogens is 248 g/mol. The van der Waals surface area contributed by atoms with Crippen LogP contribution in [0.5, 0.6) is 0 Å². The zero-order chi connectivity index (χ0) is 13.2. The van der Waals surface area contributed by atoms with Crippen LogP contribution in [-0.2, 0) is 9.47 Å². The molecule has 2 rings (SSSR count). The lowest BCUT2D eigenvalue weighted by Gasteiger charge is -2.48. The van der Waals surface area contributed by atoms with Crippen LogP contribution in [0.25, 0.3) is 0 Å². The minimum absolute atomic E-state index is 0.0334. The van der Waals surface area contributed by atoms with Crippen molar-refractivity contribution in [2.24, 2.45) is 5.92 Å². The molecule has 0 aromatic heterocycles. The van der Waals surface area contributed by atoms with E-state index in [0.717, 1.165) is 32.3 Å². The second kappa shape index (κ2) is 5.70. The highest BCUT2D eigenvalue weighted by atomic mass is 32.2. The summed E-state index contributed by atoms with van der Waals surface area (Å²) in [6.45, 7) is 4.66. The van der Waals surface area contributed by atoms with E-state index < -0.39 is 5.60 Å². The summed E-state index contributed by atoms with van der Waals surface area (Å²) in [7, 11) is 1.67. The van der Waals surface area contributed by atoms with Crippen molar-refractivity contribution in [3.05, 3.63) is 0 Å². The summed E-state index contributed by atoms with van der Waals surface area (Å²) in [4.78, 5) is 0. The zero-order valence-electron chi connectivity index (χ0n) is 11.8. The fourth-order valence-electron chi connectivity index (χ4n) is 3.19. The zero-order valence-corrected chi connectivity index (χ0v) is 12.6. The topological polar surface area (TPSA) is 38.7 Å². The number of ether oxygens (including phenoxy) is 2. The molecule has 1 spiro atoms. The van der Waals surface area contributed by atoms with Crippen molar-refractivity contribution in [1.82, 2.24) is 0 Å². The minimum Gasteiger partial charge on any atom is -0.387 e. The van der Waals surface area contributed by atoms with Gasteiger partial charge < -0.3 is 14.6 Å². The van der Waals surface area contributed by atoms with E-state index >= 15 is 0 Å². The Kier molecular flexibility index (Phi) is 4.63. The molecular formula is C14H26O3S. The second-order valence-electron chi connectivity index (χ2n) is 5.94. The number of aliphatic hydroxyl groups is 1. The number of rotatable bonds is 3. The number of hydrogen-bond donors (Lipinski definition) is 1. The first-order valence-corrected chi connectivity index (χ1v) is 8.12. The molecule has 0 radical (unpaired) electrons. The van der Waals surface area contributed by atoms with Crippen molar-refractivity contribution in [3.63, 3.8) is 0 Å². The van der Waals surface area contributed by atoms with Gasteiger partial charge in [-0.15, -0.1) is 0 Å². The van der Waals surface area contributed by atoms with Crippen LogP contribution in [0, 0.1) is 5.92 Å². The molecule has 3 unspecified atom stereocenters. The smallest absolute Gasteiger partial charge is 0.0907 e. The van der Waals surface area contributed by atoms with E-state index in [9.17, 15) is 5.11 Å². The lowest BCUT2D eigenvalue weighted by Crippen LogP contribution is -2.53. The van der Waals surface area contributed by atoms with Crippen molar-refractivity contribution in [2.75, 3.05) is 25.2 Å². The molecule has 2 aliphatic heterocycles. The Morgan fingerprint density at radius 1 is 1.44 bits per heavy atom. The van der Waals surface area contributed by atoms with Gasteiger partial charge in [-0.1, -0.05) is 0 Å². The Labute approximate surface area is 115 Å². The van der Waals surface area contributed by atoms with Gasteiger partial charge in [-0.05, 0) is 57.0 Å². The van der Waals surface area contributed by atoms with Crippen molar-refractivity contribution < 1.29 is 14.6 Å². The molecule has 0 aromatic carbocycles. The highest BCUT2D eigenvalue weighted by Gasteiger charge is 2.46. The Bertz CT molecular complexity index is 269. The van der Waals surface area contributed by atoms with Crippen LogP contribution in [0.4, 0.5) is 0 Å². The van der Waals surface area contributed by atoms with Gasteiger partial charge in [-0.2, -0.15) is 11.8 Å². The summed E-state index contributed by atoms with van der Waals surface area (Å²) < 4.78 is 11.4. The predicted molar refractivity (Wildman–Crippen MR) is 75.1 cm³/mol. The lowest BCUT2D eigenvalue weighted by molar-refractivity contribution is -0.172. The van der Waals surface area contributed by atoms with Gasteiger partial charge in [0.05, 0.1) is 17.3 Å². The summed E-state index contributed by atoms with van der Waals surface area (Å²) in [5, 5.41) is 10.7. The summed E-state index contributed by atoms with van der Waals surface area (Å²) in [6, 6.07) is 0. The standard InChI is InChI=1S/C14H26O3S/c1-11(16-3)13(2,15)12-4-7-17-14(10-12)5-8-18-9-6-14/h11-12,15H,4-10H2,1-3H3. The number of thioether (sulfide) groups is 1. The molecule has 2 fully saturated rings. The molecule has 0 aromatic rings. The van der Waals surface area contributed by atoms with Crippen LogP contribution in [0.3, 0.4) is 0 Å². The largest absolute Gasteiger partial charge is 0.387 e. The normalized spacial score (nSPS) is 33.0. The van der Waals surface area contributed by atoms with Crippen molar-refractivity contribution >= 4 is 11.8 Å². The van der Waals surface area contributed by atoms with Gasteiger partial charge in [-0.25, -0.2) is 0 Å². The fraction of sp³-hybridized carbons (Fsp3) is 1.00. The van der Waals surface area contributed by atoms with E-state index in [0.29, 0.717) is 0 Å². The molecule has 106 valence electrons. The van der Waals surface area contributed by atoms with E-state index in [1.54, 1.807) is 7.11 Å². The fourth-order valence-corrected chi connectivity index (χ4v) is 4.43. The first-order valence-electron chi connectivity index (χ1n) is 6.97. The minimum atomic E-state index is -0.754. The summed E-state index contributed by atoms with van der Waals surface area (Å²) in [5.41, 5.74) is -0.720. The third kappa shape index (κ3) is 2.87. The lowest BCUT2D eigenvalue weighted by atomic mass is 9.72. The monoisotopic (exact) mass is 274 g/mol. The number of hydrogen-bond acceptors (Lipinski definition) is 4. The highest BCUT2D eigenvalue weighted by molar-refractivity contribution is 7.99. The van der Waals surface area contributed by atoms with Gasteiger partial charge in [0.2, 0.25) is 0 Å². The van der Waals surface area contributed by atoms with Crippen LogP contribution < -0.4 is 0 Å². The van der Waals surface area contributed by atoms with Crippen LogP contribution in [0.1, 0.15) is 39.5 Å². The van der Waals surface area contributed by atoms with Gasteiger partial charge in [0, 0.05) is 13.7 Å². The van der Waals surface area contributed by atoms with Gasteiger partial charge in [-0.3, -0.25) is 0 Å². The van der Waals surface area contributed by atoms with Crippen molar-refractivity contribution in [3.8, 4) is 0 Å². The third-order valence-corrected chi connectivity index (χ3v) is 5.89. The number of methoxy groups -OCH3 is 1. The molecule has 2 saturated heterocycles. The Morgan fingerprint density at radius 3 is 2.72 bits per heavy atom. The quantitative estimate of drug-likeness (QED) is 0.858. The first kappa shape index (κ1) is 14.6. The van der Waals surface area contributed by atoms with Gasteiger partial charge in [0.25, 0.3) is 0 Å². The summed E-state index contributed by atoms with van der Waals surface area (Å²) in [5.74, 6) is 2.66. The SMILES string of the molecule is COC(C)C(C)(O)C1CCOC2(CCSCC2)C1. The molecule has 3 nitrogen and oxygen atoms in total. The van der Waals surface area contributed by atoms with Gasteiger partial charge >= 0.3 is 0 Å². The summed E-state index contributed by atoms with van der Waals surface area (Å²) >= 11 is 2.01. The van der Waals surface area contributed by atoms with Crippen molar-refractivity contribution in [2.45, 2.75) is 56.8 Å². The average Bonchev–Trinajstić information content (AvgIpc) is 2.38. The van der Waals surface area contributed by atoms with Gasteiger partial charge in [0.15, 0.2) is 0 Å². The van der Waals surface area contributed by atoms with Crippen LogP contribution in [0.2, 0.25) is 0 Å². The molecule has 0 amide bonds. The van der Waals surface area contributed by atoms with E-state index in [1.165, 1.54) is 11.5 Å². The third-order valence-electron chi connectivity index (χ3n) is 4.90. The Morgan fingerprint density at radius 2 is 2.11 bits per heavy atom. The summed E-state index contributed by atoms with van der Waals surface area (Å²) in [6.07, 6.45) is 4.05. The maximum absolute atomic E-state index is 10.7. The molecule has 0 saturated carbocycles. The van der Waals surface area contributed by atoms with E-state index in [4.69, 9.17) is 9.47 Å². The molecule has 0 bridgehead atoms. The molecule has 1 N–H and O–H groups in total. The highest BCUT2D eigenvalue weighted by Crippen LogP contribution is 2.43. The van der Waals surface area contributed by atoms with Crippen LogP contribution in [-0.4, -0.2) is 47.6 Å². The van der Waals surface area contributed by atoms with Crippen LogP contribution in [0.15, 0.2) is 0 Å². The molecule has 18 heavy (non-hydrogen) atoms. The maximum Gasteiger partial charge on any atom is 0.0907 e. The van der Waals surface area contributed by atoms with E-state index in [1.807, 2.05) is 25.6 Å². The molecule has 3 atom stereocenters. The van der Waals surface area contributed by atoms with E-state index in [2.05, 4.69) is 0 Å². The molecule has 0 aliphatic carbocycles. The predicted octanol–water partition coefficient (Wildman–Crippen LogP) is 2.46. The van der Waals surface area contributed by atoms with Crippen LogP contribution >= 0.6 is 11.8 Å².